The fourth-order valence-electron chi connectivity index (χ4n) is 8.52. The number of aromatic nitrogens is 1. The van der Waals surface area contributed by atoms with E-state index in [-0.39, 0.29) is 69.4 Å². The molecule has 0 bridgehead atoms. The van der Waals surface area contributed by atoms with E-state index in [1.165, 1.54) is 29.2 Å². The van der Waals surface area contributed by atoms with Crippen molar-refractivity contribution < 1.29 is 58.1 Å². The highest BCUT2D eigenvalue weighted by molar-refractivity contribution is 5.97. The molecule has 1 saturated heterocycles. The second-order valence-electron chi connectivity index (χ2n) is 18.8. The number of aliphatic hydroxyl groups excluding tert-OH is 1. The monoisotopic (exact) mass is 1070 g/mol. The molecule has 25 nitrogen and oxygen atoms in total. The number of phenols is 1. The molecule has 5 rings (SSSR count). The number of primary amides is 1. The molecule has 3 aromatic carbocycles. The first kappa shape index (κ1) is 59.1. The van der Waals surface area contributed by atoms with Gasteiger partial charge in [-0.3, -0.25) is 43.3 Å². The Bertz CT molecular complexity index is 2710. The molecule has 0 aliphatic carbocycles. The molecule has 0 radical (unpaired) electrons. The zero-order valence-electron chi connectivity index (χ0n) is 42.9. The summed E-state index contributed by atoms with van der Waals surface area (Å²) in [7, 11) is 0. The Morgan fingerprint density at radius 1 is 0.727 bits per heavy atom. The molecule has 77 heavy (non-hydrogen) atoms. The molecule has 4 aromatic rings. The maximum absolute atomic E-state index is 14.1. The predicted molar refractivity (Wildman–Crippen MR) is 281 cm³/mol. The maximum atomic E-state index is 14.1. The Morgan fingerprint density at radius 2 is 1.38 bits per heavy atom. The van der Waals surface area contributed by atoms with Gasteiger partial charge in [0.25, 0.3) is 0 Å². The lowest BCUT2D eigenvalue weighted by molar-refractivity contribution is -0.142. The zero-order valence-corrected chi connectivity index (χ0v) is 42.9. The molecular weight excluding hydrogens is 999 g/mol. The molecular formula is C52H69N13O12. The standard InChI is InChI=1S/C52H69N13O12/c1-30(2)22-38(46(71)61-37(14-8-20-56-51(54)55)50(75)65-21-9-15-42(65)49(74)58-26-43(53)68)60-44(69)27-59-45(70)39(23-31-16-18-34(67)19-17-31)62-48(73)41(28-66)63-47(72)40(24-33-25-57-36-13-7-6-12-35(33)36)64-52(76)77-29-32-10-4-3-5-11-32/h3-7,10-13,16-19,25,30,37-42,57,66-67H,8-9,14-15,20-24,26-29H2,1-2H3,(H2,53,68)(H,58,74)(H,59,70)(H,60,69)(H,61,71)(H,62,73)(H,63,72)(H,64,76)(H4,54,55,56)/t37-,38-,39-,40-,41-,42-/m0/s1. The van der Waals surface area contributed by atoms with E-state index < -0.39 is 109 Å². The van der Waals surface area contributed by atoms with Crippen LogP contribution in [0.4, 0.5) is 4.79 Å². The molecule has 0 spiro atoms. The van der Waals surface area contributed by atoms with E-state index >= 15 is 0 Å². The summed E-state index contributed by atoms with van der Waals surface area (Å²) >= 11 is 0. The van der Waals surface area contributed by atoms with Crippen LogP contribution in [0.3, 0.4) is 0 Å². The lowest BCUT2D eigenvalue weighted by Gasteiger charge is -2.30. The lowest BCUT2D eigenvalue weighted by Crippen LogP contribution is -2.59. The molecule has 6 atom stereocenters. The number of hydrogen-bond acceptors (Lipinski definition) is 13. The van der Waals surface area contributed by atoms with Gasteiger partial charge in [0.1, 0.15) is 48.6 Å². The number of amides is 9. The largest absolute Gasteiger partial charge is 0.508 e. The summed E-state index contributed by atoms with van der Waals surface area (Å²) in [6, 6.07) is 14.0. The van der Waals surface area contributed by atoms with Crippen LogP contribution in [0, 0.1) is 5.92 Å². The average molecular weight is 1070 g/mol. The fourth-order valence-corrected chi connectivity index (χ4v) is 8.52. The van der Waals surface area contributed by atoms with Gasteiger partial charge in [0.2, 0.25) is 47.3 Å². The summed E-state index contributed by atoms with van der Waals surface area (Å²) in [5.74, 6) is -6.73. The third-order valence-electron chi connectivity index (χ3n) is 12.4. The molecule has 1 aromatic heterocycles. The molecule has 414 valence electrons. The van der Waals surface area contributed by atoms with E-state index in [0.29, 0.717) is 29.5 Å². The lowest BCUT2D eigenvalue weighted by atomic mass is 10.0. The van der Waals surface area contributed by atoms with E-state index in [1.807, 2.05) is 18.2 Å². The van der Waals surface area contributed by atoms with Gasteiger partial charge in [0.15, 0.2) is 5.96 Å². The van der Waals surface area contributed by atoms with E-state index in [2.05, 4.69) is 47.2 Å². The summed E-state index contributed by atoms with van der Waals surface area (Å²) < 4.78 is 5.39. The van der Waals surface area contributed by atoms with Gasteiger partial charge in [-0.15, -0.1) is 0 Å². The van der Waals surface area contributed by atoms with Crippen molar-refractivity contribution >= 4 is 70.2 Å². The number of para-hydroxylation sites is 1. The number of benzene rings is 3. The Labute approximate surface area is 444 Å². The first-order valence-electron chi connectivity index (χ1n) is 25.1. The Morgan fingerprint density at radius 3 is 2.06 bits per heavy atom. The highest BCUT2D eigenvalue weighted by atomic mass is 16.5. The molecule has 16 N–H and O–H groups in total. The fraction of sp³-hybridized carbons (Fsp3) is 0.423. The second kappa shape index (κ2) is 29.4. The van der Waals surface area contributed by atoms with Crippen LogP contribution in [0.25, 0.3) is 10.9 Å². The third-order valence-corrected chi connectivity index (χ3v) is 12.4. The van der Waals surface area contributed by atoms with Crippen LogP contribution in [-0.2, 0) is 62.5 Å². The van der Waals surface area contributed by atoms with Gasteiger partial charge in [-0.05, 0) is 72.9 Å². The van der Waals surface area contributed by atoms with E-state index in [0.717, 1.165) is 10.9 Å². The van der Waals surface area contributed by atoms with E-state index in [9.17, 15) is 53.4 Å². The first-order valence-corrected chi connectivity index (χ1v) is 25.1. The van der Waals surface area contributed by atoms with Crippen LogP contribution in [-0.4, -0.2) is 148 Å². The molecule has 2 heterocycles. The number of aromatic hydroxyl groups is 1. The average Bonchev–Trinajstić information content (AvgIpc) is 4.07. The number of aliphatic imine (C=N–C) groups is 1. The number of H-pyrrole nitrogens is 1. The van der Waals surface area contributed by atoms with Crippen molar-refractivity contribution in [3.63, 3.8) is 0 Å². The number of aliphatic hydroxyl groups is 1. The number of alkyl carbamates (subject to hydrolysis) is 1. The van der Waals surface area contributed by atoms with Crippen molar-refractivity contribution in [1.29, 1.82) is 0 Å². The molecule has 1 aliphatic heterocycles. The van der Waals surface area contributed by atoms with Gasteiger partial charge in [-0.2, -0.15) is 0 Å². The molecule has 1 fully saturated rings. The summed E-state index contributed by atoms with van der Waals surface area (Å²) in [6.07, 6.45) is 1.59. The van der Waals surface area contributed by atoms with Crippen LogP contribution in [0.5, 0.6) is 5.75 Å². The van der Waals surface area contributed by atoms with Crippen molar-refractivity contribution in [3.8, 4) is 5.75 Å². The van der Waals surface area contributed by atoms with Gasteiger partial charge < -0.3 is 79.3 Å². The number of hydrogen-bond donors (Lipinski definition) is 13. The first-order chi connectivity index (χ1) is 36.8. The Balaban J connectivity index is 1.27. The number of carbonyl (C=O) groups excluding carboxylic acids is 9. The minimum absolute atomic E-state index is 0.0349. The van der Waals surface area contributed by atoms with Crippen LogP contribution < -0.4 is 54.4 Å². The number of nitrogens with zero attached hydrogens (tertiary/aromatic N) is 2. The van der Waals surface area contributed by atoms with Crippen molar-refractivity contribution in [1.82, 2.24) is 47.1 Å². The van der Waals surface area contributed by atoms with Gasteiger partial charge in [0, 0.05) is 43.0 Å². The number of rotatable bonds is 28. The normalized spacial score (nSPS) is 14.9. The van der Waals surface area contributed by atoms with Crippen molar-refractivity contribution in [3.05, 3.63) is 102 Å². The summed E-state index contributed by atoms with van der Waals surface area (Å²) in [6.45, 7) is 1.70. The van der Waals surface area contributed by atoms with Gasteiger partial charge in [0.05, 0.1) is 19.7 Å². The number of phenolic OH excluding ortho intramolecular Hbond substituents is 1. The van der Waals surface area contributed by atoms with Crippen LogP contribution in [0.15, 0.2) is 90.1 Å². The number of aromatic amines is 1. The van der Waals surface area contributed by atoms with Gasteiger partial charge in [-0.25, -0.2) is 4.79 Å². The minimum Gasteiger partial charge on any atom is -0.508 e. The SMILES string of the molecule is CC(C)C[C@H](NC(=O)CNC(=O)[C@H](Cc1ccc(O)cc1)NC(=O)[C@H](CO)NC(=O)[C@H](Cc1c[nH]c2ccccc12)NC(=O)OCc1ccccc1)C(=O)N[C@@H](CCCN=C(N)N)C(=O)N1CCC[C@H]1C(=O)NCC(N)=O. The minimum atomic E-state index is -1.67. The number of guanidine groups is 1. The van der Waals surface area contributed by atoms with E-state index in [1.54, 1.807) is 56.4 Å². The summed E-state index contributed by atoms with van der Waals surface area (Å²) in [4.78, 5) is 129. The van der Waals surface area contributed by atoms with Gasteiger partial charge >= 0.3 is 6.09 Å². The number of likely N-dealkylation sites (tertiary alicyclic amines) is 1. The maximum Gasteiger partial charge on any atom is 0.408 e. The number of carbonyl (C=O) groups is 9. The Hall–Kier alpha value is -8.74. The number of ether oxygens (including phenoxy) is 1. The van der Waals surface area contributed by atoms with Crippen LogP contribution in [0.2, 0.25) is 0 Å². The second-order valence-corrected chi connectivity index (χ2v) is 18.8. The molecule has 0 unspecified atom stereocenters. The summed E-state index contributed by atoms with van der Waals surface area (Å²) in [5, 5.41) is 38.9. The number of nitrogens with two attached hydrogens (primary N) is 3. The van der Waals surface area contributed by atoms with E-state index in [4.69, 9.17) is 21.9 Å². The molecule has 1 aliphatic rings. The zero-order chi connectivity index (χ0) is 56.0. The topological polar surface area (TPSA) is 397 Å². The number of fused-ring (bicyclic) bond motifs is 1. The molecule has 0 saturated carbocycles. The van der Waals surface area contributed by atoms with Crippen LogP contribution in [0.1, 0.15) is 62.6 Å². The van der Waals surface area contributed by atoms with Crippen molar-refractivity contribution in [2.45, 2.75) is 102 Å². The summed E-state index contributed by atoms with van der Waals surface area (Å²) in [5.41, 5.74) is 18.7. The third kappa shape index (κ3) is 18.9. The predicted octanol–water partition coefficient (Wildman–Crippen LogP) is -1.31. The van der Waals surface area contributed by atoms with Crippen LogP contribution >= 0.6 is 0 Å². The Kier molecular flexibility index (Phi) is 22.6. The number of nitrogens with one attached hydrogen (secondary N) is 8. The highest BCUT2D eigenvalue weighted by Gasteiger charge is 2.39. The molecule has 9 amide bonds. The van der Waals surface area contributed by atoms with Gasteiger partial charge in [-0.1, -0.05) is 74.5 Å². The van der Waals surface area contributed by atoms with Crippen molar-refractivity contribution in [2.24, 2.45) is 28.1 Å². The quantitative estimate of drug-likeness (QED) is 0.0179. The smallest absolute Gasteiger partial charge is 0.408 e. The highest BCUT2D eigenvalue weighted by Crippen LogP contribution is 2.22. The van der Waals surface area contributed by atoms with Crippen molar-refractivity contribution in [2.75, 3.05) is 32.8 Å². The molecule has 25 heteroatoms.